The van der Waals surface area contributed by atoms with Crippen molar-refractivity contribution < 1.29 is 37.7 Å². The molecule has 0 aromatic carbocycles. The molecule has 2 heterocycles. The average Bonchev–Trinajstić information content (AvgIpc) is 3.57. The number of halogens is 2. The molecule has 2 rings (SSSR count). The number of allylic oxidation sites excluding steroid dienone is 3. The van der Waals surface area contributed by atoms with Gasteiger partial charge in [0.25, 0.3) is 0 Å². The van der Waals surface area contributed by atoms with E-state index in [0.29, 0.717) is 12.8 Å². The van der Waals surface area contributed by atoms with Crippen LogP contribution in [0.15, 0.2) is 36.0 Å². The Labute approximate surface area is 226 Å². The zero-order valence-corrected chi connectivity index (χ0v) is 23.9. The number of alkyl halides is 2. The quantitative estimate of drug-likeness (QED) is 0.164. The van der Waals surface area contributed by atoms with E-state index in [4.69, 9.17) is 14.2 Å². The Balaban J connectivity index is 2.14. The van der Waals surface area contributed by atoms with Crippen LogP contribution in [0.2, 0.25) is 0 Å². The highest BCUT2D eigenvalue weighted by molar-refractivity contribution is 5.70. The summed E-state index contributed by atoms with van der Waals surface area (Å²) in [5, 5.41) is 10.3. The van der Waals surface area contributed by atoms with Crippen LogP contribution >= 0.6 is 0 Å². The average molecular weight is 541 g/mol. The smallest absolute Gasteiger partial charge is 0.309 e. The summed E-state index contributed by atoms with van der Waals surface area (Å²) in [7, 11) is 0. The van der Waals surface area contributed by atoms with Gasteiger partial charge in [0.1, 0.15) is 23.5 Å². The normalized spacial score (nSPS) is 36.4. The predicted molar refractivity (Wildman–Crippen MR) is 143 cm³/mol. The number of hydrogen-bond acceptors (Lipinski definition) is 6. The number of cyclic esters (lactones) is 1. The number of carbonyl (C=O) groups is 2. The van der Waals surface area contributed by atoms with Crippen LogP contribution in [-0.2, 0) is 23.8 Å². The summed E-state index contributed by atoms with van der Waals surface area (Å²) in [6.07, 6.45) is 7.28. The molecule has 0 spiro atoms. The summed E-state index contributed by atoms with van der Waals surface area (Å²) in [6, 6.07) is 0. The Kier molecular flexibility index (Phi) is 11.7. The maximum atomic E-state index is 15.4. The molecule has 1 N–H and O–H groups in total. The third kappa shape index (κ3) is 9.92. The first-order valence-electron chi connectivity index (χ1n) is 13.8. The van der Waals surface area contributed by atoms with Crippen molar-refractivity contribution in [1.29, 1.82) is 0 Å². The molecule has 9 atom stereocenters. The Hall–Kier alpha value is -2.06. The van der Waals surface area contributed by atoms with Gasteiger partial charge < -0.3 is 19.3 Å². The molecule has 38 heavy (non-hydrogen) atoms. The first-order valence-corrected chi connectivity index (χ1v) is 13.8. The Bertz CT molecular complexity index is 893. The summed E-state index contributed by atoms with van der Waals surface area (Å²) >= 11 is 0. The fourth-order valence-electron chi connectivity index (χ4n) is 5.03. The maximum Gasteiger partial charge on any atom is 0.309 e. The van der Waals surface area contributed by atoms with Gasteiger partial charge in [-0.25, -0.2) is 8.78 Å². The van der Waals surface area contributed by atoms with Crippen LogP contribution in [0, 0.1) is 11.8 Å². The van der Waals surface area contributed by atoms with Crippen molar-refractivity contribution in [3.63, 3.8) is 0 Å². The zero-order chi connectivity index (χ0) is 28.7. The van der Waals surface area contributed by atoms with Crippen molar-refractivity contribution in [3.05, 3.63) is 36.0 Å². The maximum absolute atomic E-state index is 15.4. The molecule has 0 bridgehead atoms. The van der Waals surface area contributed by atoms with Crippen LogP contribution < -0.4 is 0 Å². The number of aliphatic hydroxyl groups is 1. The van der Waals surface area contributed by atoms with Gasteiger partial charge in [-0.3, -0.25) is 9.59 Å². The van der Waals surface area contributed by atoms with E-state index < -0.39 is 41.6 Å². The van der Waals surface area contributed by atoms with E-state index in [-0.39, 0.29) is 43.3 Å². The molecule has 6 nitrogen and oxygen atoms in total. The standard InChI is InChI=1S/C30H46F2O6/c1-8-15-30(7,32)28-24(37-28)17-19(2)10-9-11-20(3)27-21(4)12-13-25(36-22(5)33)29(6,31)16-14-23(34)18-26(35)38-27/h9-13,19,21,23-25,27-28,34H,8,14-18H2,1-7H3/b10-9+,13-12-,20-11+. The molecule has 0 radical (unpaired) electrons. The van der Waals surface area contributed by atoms with E-state index in [2.05, 4.69) is 0 Å². The number of rotatable bonds is 9. The third-order valence-electron chi connectivity index (χ3n) is 7.35. The minimum absolute atomic E-state index is 0.0228. The molecule has 0 aromatic rings. The number of esters is 2. The van der Waals surface area contributed by atoms with Crippen molar-refractivity contribution >= 4 is 11.9 Å². The van der Waals surface area contributed by atoms with Gasteiger partial charge >= 0.3 is 11.9 Å². The minimum atomic E-state index is -1.91. The SMILES string of the molecule is CCCC(C)(F)C1OC1CC(C)/C=C/C=C(\C)C1OC(=O)CC(O)CCC(C)(F)C(OC(C)=O)/C=C\C1C. The fourth-order valence-corrected chi connectivity index (χ4v) is 5.03. The van der Waals surface area contributed by atoms with Gasteiger partial charge in [0.2, 0.25) is 0 Å². The minimum Gasteiger partial charge on any atom is -0.457 e. The van der Waals surface area contributed by atoms with Gasteiger partial charge in [0, 0.05) is 12.8 Å². The number of hydrogen-bond donors (Lipinski definition) is 1. The van der Waals surface area contributed by atoms with Crippen LogP contribution in [0.1, 0.15) is 87.0 Å². The molecule has 8 heteroatoms. The highest BCUT2D eigenvalue weighted by atomic mass is 19.1. The van der Waals surface area contributed by atoms with E-state index in [1.165, 1.54) is 19.9 Å². The molecular formula is C30H46F2O6. The van der Waals surface area contributed by atoms with E-state index >= 15 is 4.39 Å². The Morgan fingerprint density at radius 1 is 1.37 bits per heavy atom. The largest absolute Gasteiger partial charge is 0.457 e. The van der Waals surface area contributed by atoms with Crippen LogP contribution in [-0.4, -0.2) is 58.9 Å². The van der Waals surface area contributed by atoms with Crippen LogP contribution in [0.25, 0.3) is 0 Å². The van der Waals surface area contributed by atoms with Gasteiger partial charge in [0.05, 0.1) is 18.6 Å². The van der Waals surface area contributed by atoms with Crippen molar-refractivity contribution in [3.8, 4) is 0 Å². The van der Waals surface area contributed by atoms with Gasteiger partial charge in [-0.1, -0.05) is 51.5 Å². The van der Waals surface area contributed by atoms with Crippen molar-refractivity contribution in [2.45, 2.75) is 129 Å². The molecule has 9 unspecified atom stereocenters. The first-order chi connectivity index (χ1) is 17.7. The lowest BCUT2D eigenvalue weighted by atomic mass is 9.90. The topological polar surface area (TPSA) is 85.4 Å². The van der Waals surface area contributed by atoms with Crippen LogP contribution in [0.4, 0.5) is 8.78 Å². The monoisotopic (exact) mass is 540 g/mol. The second-order valence-electron chi connectivity index (χ2n) is 11.5. The first kappa shape index (κ1) is 32.2. The van der Waals surface area contributed by atoms with Crippen molar-refractivity contribution in [2.75, 3.05) is 0 Å². The summed E-state index contributed by atoms with van der Waals surface area (Å²) < 4.78 is 46.6. The molecule has 2 aliphatic rings. The van der Waals surface area contributed by atoms with Gasteiger partial charge in [-0.05, 0) is 64.0 Å². The third-order valence-corrected chi connectivity index (χ3v) is 7.35. The van der Waals surface area contributed by atoms with Gasteiger partial charge in [-0.15, -0.1) is 0 Å². The van der Waals surface area contributed by atoms with Crippen molar-refractivity contribution in [2.24, 2.45) is 11.8 Å². The van der Waals surface area contributed by atoms with Crippen LogP contribution in [0.5, 0.6) is 0 Å². The highest BCUT2D eigenvalue weighted by Crippen LogP contribution is 2.41. The van der Waals surface area contributed by atoms with E-state index in [9.17, 15) is 19.1 Å². The molecule has 2 aliphatic heterocycles. The second-order valence-corrected chi connectivity index (χ2v) is 11.5. The summed E-state index contributed by atoms with van der Waals surface area (Å²) in [6.45, 7) is 11.8. The van der Waals surface area contributed by atoms with Gasteiger partial charge in [-0.2, -0.15) is 0 Å². The summed E-state index contributed by atoms with van der Waals surface area (Å²) in [4.78, 5) is 24.1. The number of aliphatic hydroxyl groups excluding tert-OH is 1. The van der Waals surface area contributed by atoms with Gasteiger partial charge in [0.15, 0.2) is 6.10 Å². The lowest BCUT2D eigenvalue weighted by molar-refractivity contribution is -0.152. The fraction of sp³-hybridized carbons (Fsp3) is 0.733. The molecule has 0 aliphatic carbocycles. The zero-order valence-electron chi connectivity index (χ0n) is 23.9. The predicted octanol–water partition coefficient (Wildman–Crippen LogP) is 6.12. The summed E-state index contributed by atoms with van der Waals surface area (Å²) in [5.41, 5.74) is -2.45. The second kappa shape index (κ2) is 13.8. The molecule has 1 saturated heterocycles. The molecule has 0 amide bonds. The van der Waals surface area contributed by atoms with E-state index in [1.54, 1.807) is 13.0 Å². The summed E-state index contributed by atoms with van der Waals surface area (Å²) in [5.74, 6) is -1.37. The van der Waals surface area contributed by atoms with Crippen molar-refractivity contribution in [1.82, 2.24) is 0 Å². The highest BCUT2D eigenvalue weighted by Gasteiger charge is 2.52. The molecule has 216 valence electrons. The van der Waals surface area contributed by atoms with E-state index in [1.807, 2.05) is 45.9 Å². The lowest BCUT2D eigenvalue weighted by Crippen LogP contribution is -2.38. The molecule has 1 fully saturated rings. The number of carbonyl (C=O) groups excluding carboxylic acids is 2. The van der Waals surface area contributed by atoms with E-state index in [0.717, 1.165) is 12.0 Å². The molecule has 0 aromatic heterocycles. The lowest BCUT2D eigenvalue weighted by Gasteiger charge is -2.30. The number of epoxide rings is 1. The molecular weight excluding hydrogens is 494 g/mol. The Morgan fingerprint density at radius 2 is 2.05 bits per heavy atom. The number of ether oxygens (including phenoxy) is 3. The Morgan fingerprint density at radius 3 is 2.68 bits per heavy atom. The van der Waals surface area contributed by atoms with Crippen LogP contribution in [0.3, 0.4) is 0 Å². The molecule has 0 saturated carbocycles.